The van der Waals surface area contributed by atoms with E-state index in [4.69, 9.17) is 0 Å². The molecule has 1 fully saturated rings. The highest BCUT2D eigenvalue weighted by Crippen LogP contribution is 2.19. The van der Waals surface area contributed by atoms with Crippen LogP contribution in [0.4, 0.5) is 14.6 Å². The van der Waals surface area contributed by atoms with Crippen molar-refractivity contribution in [1.82, 2.24) is 14.7 Å². The highest BCUT2D eigenvalue weighted by atomic mass is 32.2. The van der Waals surface area contributed by atoms with Gasteiger partial charge in [0, 0.05) is 30.9 Å². The van der Waals surface area contributed by atoms with Crippen LogP contribution in [0.5, 0.6) is 0 Å². The van der Waals surface area contributed by atoms with Crippen molar-refractivity contribution in [3.8, 4) is 0 Å². The fraction of sp³-hybridized carbons (Fsp3) is 0.412. The predicted molar refractivity (Wildman–Crippen MR) is 93.2 cm³/mol. The largest absolute Gasteiger partial charge is 0.357 e. The molecule has 1 saturated heterocycles. The first kappa shape index (κ1) is 18.7. The van der Waals surface area contributed by atoms with Crippen LogP contribution in [-0.2, 0) is 16.6 Å². The SMILES string of the molecule is Cc1cc(N2CCCCC2)nc(CNS(=O)(=O)c2cc(F)cc(F)c2)n1. The van der Waals surface area contributed by atoms with Gasteiger partial charge in [-0.3, -0.25) is 0 Å². The van der Waals surface area contributed by atoms with Crippen molar-refractivity contribution in [3.05, 3.63) is 47.4 Å². The Hall–Kier alpha value is -2.13. The maximum Gasteiger partial charge on any atom is 0.241 e. The zero-order valence-electron chi connectivity index (χ0n) is 14.4. The molecule has 1 N–H and O–H groups in total. The monoisotopic (exact) mass is 382 g/mol. The Balaban J connectivity index is 1.77. The van der Waals surface area contributed by atoms with Gasteiger partial charge >= 0.3 is 0 Å². The molecule has 1 aliphatic rings. The van der Waals surface area contributed by atoms with Crippen molar-refractivity contribution in [2.45, 2.75) is 37.6 Å². The summed E-state index contributed by atoms with van der Waals surface area (Å²) in [6, 6.07) is 4.02. The quantitative estimate of drug-likeness (QED) is 0.860. The summed E-state index contributed by atoms with van der Waals surface area (Å²) < 4.78 is 53.4. The Morgan fingerprint density at radius 2 is 1.69 bits per heavy atom. The molecule has 2 aromatic rings. The van der Waals surface area contributed by atoms with Crippen LogP contribution < -0.4 is 9.62 Å². The van der Waals surface area contributed by atoms with Gasteiger partial charge < -0.3 is 4.90 Å². The molecule has 9 heteroatoms. The number of nitrogens with zero attached hydrogens (tertiary/aromatic N) is 3. The molecule has 1 aromatic heterocycles. The lowest BCUT2D eigenvalue weighted by Crippen LogP contribution is -2.31. The number of hydrogen-bond donors (Lipinski definition) is 1. The van der Waals surface area contributed by atoms with Crippen LogP contribution in [0.15, 0.2) is 29.2 Å². The van der Waals surface area contributed by atoms with Crippen molar-refractivity contribution < 1.29 is 17.2 Å². The normalized spacial score (nSPS) is 15.3. The minimum Gasteiger partial charge on any atom is -0.357 e. The van der Waals surface area contributed by atoms with E-state index < -0.39 is 26.6 Å². The van der Waals surface area contributed by atoms with Gasteiger partial charge in [0.15, 0.2) is 0 Å². The highest BCUT2D eigenvalue weighted by molar-refractivity contribution is 7.89. The van der Waals surface area contributed by atoms with Gasteiger partial charge in [-0.2, -0.15) is 0 Å². The third-order valence-electron chi connectivity index (χ3n) is 4.13. The van der Waals surface area contributed by atoms with Gasteiger partial charge in [0.1, 0.15) is 23.3 Å². The number of hydrogen-bond acceptors (Lipinski definition) is 5. The molecule has 2 heterocycles. The van der Waals surface area contributed by atoms with Gasteiger partial charge in [0.05, 0.1) is 11.4 Å². The fourth-order valence-electron chi connectivity index (χ4n) is 2.90. The minimum atomic E-state index is -4.08. The van der Waals surface area contributed by atoms with Crippen LogP contribution in [0, 0.1) is 18.6 Å². The number of halogens is 2. The van der Waals surface area contributed by atoms with E-state index in [2.05, 4.69) is 19.6 Å². The summed E-state index contributed by atoms with van der Waals surface area (Å²) in [5.74, 6) is -0.830. The molecule has 140 valence electrons. The summed E-state index contributed by atoms with van der Waals surface area (Å²) in [4.78, 5) is 10.4. The maximum absolute atomic E-state index is 13.3. The van der Waals surface area contributed by atoms with E-state index in [1.165, 1.54) is 6.42 Å². The molecule has 3 rings (SSSR count). The van der Waals surface area contributed by atoms with Crippen LogP contribution in [0.2, 0.25) is 0 Å². The molecule has 0 unspecified atom stereocenters. The van der Waals surface area contributed by atoms with E-state index in [0.29, 0.717) is 11.9 Å². The predicted octanol–water partition coefficient (Wildman–Crippen LogP) is 2.53. The lowest BCUT2D eigenvalue weighted by atomic mass is 10.1. The Labute approximate surface area is 151 Å². The van der Waals surface area contributed by atoms with Gasteiger partial charge in [0.2, 0.25) is 10.0 Å². The van der Waals surface area contributed by atoms with Gasteiger partial charge in [-0.1, -0.05) is 0 Å². The molecule has 0 bridgehead atoms. The zero-order valence-corrected chi connectivity index (χ0v) is 15.2. The topological polar surface area (TPSA) is 75.2 Å². The van der Waals surface area contributed by atoms with E-state index in [0.717, 1.165) is 49.6 Å². The molecule has 0 atom stereocenters. The molecular weight excluding hydrogens is 362 g/mol. The maximum atomic E-state index is 13.3. The summed E-state index contributed by atoms with van der Waals surface area (Å²) in [5.41, 5.74) is 0.728. The summed E-state index contributed by atoms with van der Waals surface area (Å²) >= 11 is 0. The van der Waals surface area contributed by atoms with Crippen molar-refractivity contribution in [2.24, 2.45) is 0 Å². The first-order valence-electron chi connectivity index (χ1n) is 8.39. The van der Waals surface area contributed by atoms with Crippen molar-refractivity contribution in [3.63, 3.8) is 0 Å². The molecule has 26 heavy (non-hydrogen) atoms. The molecule has 6 nitrogen and oxygen atoms in total. The minimum absolute atomic E-state index is 0.164. The van der Waals surface area contributed by atoms with E-state index in [-0.39, 0.29) is 6.54 Å². The fourth-order valence-corrected chi connectivity index (χ4v) is 3.92. The Morgan fingerprint density at radius 1 is 1.04 bits per heavy atom. The molecule has 0 radical (unpaired) electrons. The number of nitrogens with one attached hydrogen (secondary N) is 1. The summed E-state index contributed by atoms with van der Waals surface area (Å²) in [5, 5.41) is 0. The summed E-state index contributed by atoms with van der Waals surface area (Å²) in [7, 11) is -4.08. The number of rotatable bonds is 5. The summed E-state index contributed by atoms with van der Waals surface area (Å²) in [6.07, 6.45) is 3.38. The molecule has 1 aliphatic heterocycles. The smallest absolute Gasteiger partial charge is 0.241 e. The van der Waals surface area contributed by atoms with Crippen LogP contribution in [-0.4, -0.2) is 31.5 Å². The lowest BCUT2D eigenvalue weighted by molar-refractivity contribution is 0.559. The van der Waals surface area contributed by atoms with Crippen LogP contribution in [0.3, 0.4) is 0 Å². The molecule has 0 saturated carbocycles. The number of sulfonamides is 1. The molecule has 0 spiro atoms. The van der Waals surface area contributed by atoms with Crippen molar-refractivity contribution >= 4 is 15.8 Å². The number of aryl methyl sites for hydroxylation is 1. The zero-order chi connectivity index (χ0) is 18.7. The van der Waals surface area contributed by atoms with Gasteiger partial charge in [-0.15, -0.1) is 0 Å². The molecule has 0 amide bonds. The van der Waals surface area contributed by atoms with Crippen molar-refractivity contribution in [2.75, 3.05) is 18.0 Å². The second kappa shape index (κ2) is 7.63. The number of aromatic nitrogens is 2. The van der Waals surface area contributed by atoms with Gasteiger partial charge in [-0.25, -0.2) is 31.9 Å². The molecule has 0 aliphatic carbocycles. The number of anilines is 1. The van der Waals surface area contributed by atoms with E-state index in [1.54, 1.807) is 0 Å². The van der Waals surface area contributed by atoms with Crippen LogP contribution in [0.1, 0.15) is 30.8 Å². The Kier molecular flexibility index (Phi) is 5.47. The first-order chi connectivity index (χ1) is 12.3. The third-order valence-corrected chi connectivity index (χ3v) is 5.51. The number of piperidine rings is 1. The van der Waals surface area contributed by atoms with Crippen LogP contribution >= 0.6 is 0 Å². The third kappa shape index (κ3) is 4.53. The summed E-state index contributed by atoms with van der Waals surface area (Å²) in [6.45, 7) is 3.46. The van der Waals surface area contributed by atoms with Crippen LogP contribution in [0.25, 0.3) is 0 Å². The van der Waals surface area contributed by atoms with E-state index in [9.17, 15) is 17.2 Å². The Morgan fingerprint density at radius 3 is 2.35 bits per heavy atom. The standard InChI is InChI=1S/C17H20F2N4O2S/c1-12-7-17(23-5-3-2-4-6-23)22-16(21-12)11-20-26(24,25)15-9-13(18)8-14(19)10-15/h7-10,20H,2-6,11H2,1H3. The van der Waals surface area contributed by atoms with E-state index >= 15 is 0 Å². The van der Waals surface area contributed by atoms with Crippen molar-refractivity contribution in [1.29, 1.82) is 0 Å². The van der Waals surface area contributed by atoms with Gasteiger partial charge in [-0.05, 0) is 38.3 Å². The second-order valence-electron chi connectivity index (χ2n) is 6.26. The average molecular weight is 382 g/mol. The average Bonchev–Trinajstić information content (AvgIpc) is 2.60. The Bertz CT molecular complexity index is 879. The van der Waals surface area contributed by atoms with E-state index in [1.807, 2.05) is 13.0 Å². The highest BCUT2D eigenvalue weighted by Gasteiger charge is 2.18. The lowest BCUT2D eigenvalue weighted by Gasteiger charge is -2.28. The molecular formula is C17H20F2N4O2S. The van der Waals surface area contributed by atoms with Gasteiger partial charge in [0.25, 0.3) is 0 Å². The first-order valence-corrected chi connectivity index (χ1v) is 9.87. The number of benzene rings is 1. The molecule has 1 aromatic carbocycles. The second-order valence-corrected chi connectivity index (χ2v) is 8.03.